The zero-order valence-corrected chi connectivity index (χ0v) is 58.0. The van der Waals surface area contributed by atoms with E-state index >= 15 is 0 Å². The van der Waals surface area contributed by atoms with Crippen molar-refractivity contribution in [2.45, 2.75) is 320 Å². The highest BCUT2D eigenvalue weighted by atomic mass is 16.8. The van der Waals surface area contributed by atoms with Gasteiger partial charge in [-0.1, -0.05) is 44.2 Å². The number of benzene rings is 1. The first kappa shape index (κ1) is 77.4. The third kappa shape index (κ3) is 14.4. The molecule has 564 valence electrons. The SMILES string of the molecule is CO[C@@H]1[C@@H](O)[C@H](O[C@@H]2[C@@H](C)O[C@@H](O[C@H]3[C@@H](OC)C[C@H](O[C@H]4[C@@H](O)C[C@H](O[C@H]5CC[C@@]6(C)C(CC[C@]7(O)[C@@H]6C[C@@H](OC(=O)/C=C/c6ccccc6)[C@@]6(C)[C@]7(O)CC[C@@]6(O)C(C)O)C5)O[C@@H]4C)O[C@@H]3C)C[C@H]2OC)O[C@H](C)[C@H]1O[C@@H]1O[C@H](CO)[C@@H](O[C@@H]2O[C@H](CO)[C@@H](O)[C@H](O)[C@H]2O)[C@H](O)[C@H]1O. The fourth-order valence-electron chi connectivity index (χ4n) is 18.5. The van der Waals surface area contributed by atoms with Crippen molar-refractivity contribution in [2.75, 3.05) is 34.5 Å². The minimum absolute atomic E-state index is 0.00302. The van der Waals surface area contributed by atoms with Crippen LogP contribution < -0.4 is 0 Å². The number of ether oxygens (including phenoxy) is 16. The molecule has 4 aliphatic carbocycles. The summed E-state index contributed by atoms with van der Waals surface area (Å²) in [6.45, 7) is 10.7. The first-order valence-corrected chi connectivity index (χ1v) is 35.1. The number of hydrogen-bond acceptors (Lipinski definition) is 30. The molecule has 0 radical (unpaired) electrons. The van der Waals surface area contributed by atoms with Crippen LogP contribution in [0.4, 0.5) is 0 Å². The Morgan fingerprint density at radius 1 is 0.556 bits per heavy atom. The molecule has 10 fully saturated rings. The molecule has 30 nitrogen and oxygen atoms in total. The first-order chi connectivity index (χ1) is 46.9. The predicted octanol–water partition coefficient (Wildman–Crippen LogP) is -0.928. The van der Waals surface area contributed by atoms with Crippen LogP contribution in [0.25, 0.3) is 6.08 Å². The number of aliphatic hydroxyl groups is 13. The number of methoxy groups -OCH3 is 3. The Balaban J connectivity index is 0.652. The van der Waals surface area contributed by atoms with Gasteiger partial charge in [-0.15, -0.1) is 0 Å². The Kier molecular flexibility index (Phi) is 24.3. The summed E-state index contributed by atoms with van der Waals surface area (Å²) in [6.07, 6.45) is -28.6. The van der Waals surface area contributed by atoms with E-state index in [2.05, 4.69) is 6.92 Å². The van der Waals surface area contributed by atoms with E-state index in [0.717, 1.165) is 5.56 Å². The Bertz CT molecular complexity index is 2820. The maximum absolute atomic E-state index is 13.7. The van der Waals surface area contributed by atoms with Crippen molar-refractivity contribution in [1.29, 1.82) is 0 Å². The normalized spacial score (nSPS) is 51.4. The Morgan fingerprint density at radius 3 is 1.70 bits per heavy atom. The summed E-state index contributed by atoms with van der Waals surface area (Å²) in [7, 11) is 4.36. The standard InChI is InChI=1S/C69H108O30/c1-31-56(39(73)25-47(87-31)91-38-19-20-65(6)37(24-38)18-21-68(82)44(65)28-45(94-46(74)17-16-36-14-12-11-13-15-36)66(7)67(81,35(5)72)22-23-69(66,68)83)95-48-26-40(84-8)57(32(2)88-48)96-49-27-41(85-9)58(33(3)89-49)97-64-55(80)61(86-10)59(34(4)90-64)98-63-54(79)52(77)60(43(30-71)93-63)99-62-53(78)51(76)50(75)42(29-70)92-62/h11-17,31-35,37-45,47-64,70-73,75-83H,18-30H2,1-10H3/b17-16+/t31-,32-,33-,34-,35?,37?,38+,39+,40+,41-,42-,43-,44-,45-,47+,48+,49+,50-,51+,52-,53-,54-,55-,56-,57-,58-,59-,60-,61-,62+,63+,64+,65+,66-,67-,68+,69-/m1/s1. The molecule has 99 heavy (non-hydrogen) atoms. The molecule has 6 heterocycles. The van der Waals surface area contributed by atoms with Crippen LogP contribution in [0.5, 0.6) is 0 Å². The third-order valence-electron chi connectivity index (χ3n) is 24.3. The molecule has 4 saturated carbocycles. The molecule has 0 bridgehead atoms. The number of fused-ring (bicyclic) bond motifs is 5. The summed E-state index contributed by atoms with van der Waals surface area (Å²) >= 11 is 0. The highest BCUT2D eigenvalue weighted by Crippen LogP contribution is 2.72. The van der Waals surface area contributed by atoms with Crippen LogP contribution in [0.15, 0.2) is 36.4 Å². The van der Waals surface area contributed by atoms with Gasteiger partial charge in [-0.2, -0.15) is 0 Å². The highest BCUT2D eigenvalue weighted by Gasteiger charge is 2.82. The van der Waals surface area contributed by atoms with Gasteiger partial charge in [0.15, 0.2) is 37.7 Å². The van der Waals surface area contributed by atoms with E-state index in [1.165, 1.54) is 27.2 Å². The maximum atomic E-state index is 13.7. The van der Waals surface area contributed by atoms with Gasteiger partial charge in [-0.05, 0) is 115 Å². The van der Waals surface area contributed by atoms with Gasteiger partial charge in [-0.25, -0.2) is 4.79 Å². The van der Waals surface area contributed by atoms with Gasteiger partial charge >= 0.3 is 5.97 Å². The molecule has 13 N–H and O–H groups in total. The van der Waals surface area contributed by atoms with Gasteiger partial charge < -0.3 is 142 Å². The topological polar surface area (TPSA) is 428 Å². The van der Waals surface area contributed by atoms with Crippen molar-refractivity contribution >= 4 is 12.0 Å². The molecule has 0 spiro atoms. The van der Waals surface area contributed by atoms with Crippen molar-refractivity contribution in [3.63, 3.8) is 0 Å². The van der Waals surface area contributed by atoms with E-state index in [1.807, 2.05) is 44.2 Å². The number of carbonyl (C=O) groups excluding carboxylic acids is 1. The lowest BCUT2D eigenvalue weighted by atomic mass is 9.40. The molecule has 37 atom stereocenters. The Labute approximate surface area is 576 Å². The Hall–Kier alpha value is -2.69. The third-order valence-corrected chi connectivity index (χ3v) is 24.3. The first-order valence-electron chi connectivity index (χ1n) is 35.1. The summed E-state index contributed by atoms with van der Waals surface area (Å²) in [5.41, 5.74) is -6.86. The van der Waals surface area contributed by atoms with E-state index in [1.54, 1.807) is 34.0 Å². The summed E-state index contributed by atoms with van der Waals surface area (Å²) < 4.78 is 98.7. The second-order valence-corrected chi connectivity index (χ2v) is 29.8. The van der Waals surface area contributed by atoms with Crippen LogP contribution in [0.1, 0.15) is 125 Å². The van der Waals surface area contributed by atoms with Crippen molar-refractivity contribution in [1.82, 2.24) is 0 Å². The van der Waals surface area contributed by atoms with Gasteiger partial charge in [0.1, 0.15) is 103 Å². The lowest BCUT2D eigenvalue weighted by molar-refractivity contribution is -0.385. The molecule has 30 heteroatoms. The molecule has 6 aliphatic heterocycles. The van der Waals surface area contributed by atoms with Gasteiger partial charge in [-0.3, -0.25) is 0 Å². The summed E-state index contributed by atoms with van der Waals surface area (Å²) in [4.78, 5) is 13.7. The molecule has 10 aliphatic rings. The molecule has 6 saturated heterocycles. The predicted molar refractivity (Wildman–Crippen MR) is 338 cm³/mol. The average Bonchev–Trinajstić information content (AvgIpc) is 1.57. The van der Waals surface area contributed by atoms with E-state index < -0.39 is 231 Å². The number of hydrogen-bond donors (Lipinski definition) is 13. The number of esters is 1. The van der Waals surface area contributed by atoms with Crippen LogP contribution in [-0.2, 0) is 80.6 Å². The summed E-state index contributed by atoms with van der Waals surface area (Å²) in [6, 6.07) is 9.27. The zero-order valence-electron chi connectivity index (χ0n) is 58.0. The lowest BCUT2D eigenvalue weighted by Crippen LogP contribution is -2.79. The number of aliphatic hydroxyl groups excluding tert-OH is 10. The summed E-state index contributed by atoms with van der Waals surface area (Å²) in [5.74, 6) is -1.19. The van der Waals surface area contributed by atoms with E-state index in [0.29, 0.717) is 25.7 Å². The molecule has 1 aromatic rings. The van der Waals surface area contributed by atoms with Gasteiger partial charge in [0.25, 0.3) is 0 Å². The van der Waals surface area contributed by atoms with Crippen molar-refractivity contribution < 1.29 is 147 Å². The smallest absolute Gasteiger partial charge is 0.331 e. The van der Waals surface area contributed by atoms with Crippen molar-refractivity contribution in [3.8, 4) is 0 Å². The number of carbonyl (C=O) groups is 1. The largest absolute Gasteiger partial charge is 0.458 e. The van der Waals surface area contributed by atoms with Crippen LogP contribution in [0.2, 0.25) is 0 Å². The Morgan fingerprint density at radius 2 is 1.10 bits per heavy atom. The molecule has 0 amide bonds. The van der Waals surface area contributed by atoms with Crippen molar-refractivity contribution in [3.05, 3.63) is 42.0 Å². The fraction of sp³-hybridized carbons (Fsp3) is 0.870. The summed E-state index contributed by atoms with van der Waals surface area (Å²) in [5, 5.41) is 147. The molecule has 11 rings (SSSR count). The maximum Gasteiger partial charge on any atom is 0.331 e. The van der Waals surface area contributed by atoms with E-state index in [4.69, 9.17) is 75.8 Å². The molecule has 1 aromatic carbocycles. The zero-order chi connectivity index (χ0) is 71.6. The average molecular weight is 1420 g/mol. The fourth-order valence-corrected chi connectivity index (χ4v) is 18.5. The van der Waals surface area contributed by atoms with Crippen LogP contribution >= 0.6 is 0 Å². The highest BCUT2D eigenvalue weighted by molar-refractivity contribution is 5.87. The second kappa shape index (κ2) is 31.0. The molecule has 0 aromatic heterocycles. The molecule has 2 unspecified atom stereocenters. The van der Waals surface area contributed by atoms with Crippen LogP contribution in [-0.4, -0.2) is 308 Å². The monoisotopic (exact) mass is 1420 g/mol. The second-order valence-electron chi connectivity index (χ2n) is 29.8. The van der Waals surface area contributed by atoms with Crippen molar-refractivity contribution in [2.24, 2.45) is 22.7 Å². The van der Waals surface area contributed by atoms with E-state index in [-0.39, 0.29) is 57.0 Å². The quantitative estimate of drug-likeness (QED) is 0.0402. The number of rotatable bonds is 21. The minimum atomic E-state index is -1.92. The van der Waals surface area contributed by atoms with Gasteiger partial charge in [0.05, 0.1) is 79.2 Å². The van der Waals surface area contributed by atoms with E-state index in [9.17, 15) is 71.2 Å². The molecular formula is C69H108O30. The molecular weight excluding hydrogens is 1310 g/mol. The lowest BCUT2D eigenvalue weighted by Gasteiger charge is -2.69. The van der Waals surface area contributed by atoms with Crippen LogP contribution in [0, 0.1) is 22.7 Å². The minimum Gasteiger partial charge on any atom is -0.458 e. The van der Waals surface area contributed by atoms with Gasteiger partial charge in [0, 0.05) is 46.7 Å². The van der Waals surface area contributed by atoms with Crippen LogP contribution in [0.3, 0.4) is 0 Å². The van der Waals surface area contributed by atoms with Gasteiger partial charge in [0.2, 0.25) is 0 Å².